The molecule has 2 rings (SSSR count). The van der Waals surface area contributed by atoms with Gasteiger partial charge in [0.05, 0.1) is 0 Å². The number of hydrogen-bond acceptors (Lipinski definition) is 3. The van der Waals surface area contributed by atoms with Crippen LogP contribution < -0.4 is 15.2 Å². The van der Waals surface area contributed by atoms with Gasteiger partial charge >= 0.3 is 0 Å². The molecule has 94 valence electrons. The molecule has 17 heavy (non-hydrogen) atoms. The summed E-state index contributed by atoms with van der Waals surface area (Å²) in [6.45, 7) is 3.27. The second kappa shape index (κ2) is 5.10. The lowest BCUT2D eigenvalue weighted by atomic mass is 9.96. The van der Waals surface area contributed by atoms with E-state index in [-0.39, 0.29) is 10.9 Å². The Morgan fingerprint density at radius 2 is 2.18 bits per heavy atom. The highest BCUT2D eigenvalue weighted by Crippen LogP contribution is 2.42. The number of benzene rings is 1. The minimum atomic E-state index is -0.433. The van der Waals surface area contributed by atoms with Crippen molar-refractivity contribution in [2.75, 3.05) is 19.8 Å². The van der Waals surface area contributed by atoms with Gasteiger partial charge in [0, 0.05) is 0 Å². The third-order valence-electron chi connectivity index (χ3n) is 2.87. The molecule has 0 spiro atoms. The van der Waals surface area contributed by atoms with E-state index in [9.17, 15) is 4.39 Å². The number of ether oxygens (including phenoxy) is 2. The van der Waals surface area contributed by atoms with Crippen LogP contribution in [0.2, 0.25) is 5.02 Å². The highest BCUT2D eigenvalue weighted by molar-refractivity contribution is 6.32. The molecule has 1 aromatic rings. The van der Waals surface area contributed by atoms with Crippen LogP contribution in [0.5, 0.6) is 11.5 Å². The van der Waals surface area contributed by atoms with Gasteiger partial charge in [-0.2, -0.15) is 0 Å². The first-order chi connectivity index (χ1) is 8.15. The van der Waals surface area contributed by atoms with Crippen molar-refractivity contribution in [3.63, 3.8) is 0 Å². The molecule has 1 aliphatic rings. The zero-order valence-electron chi connectivity index (χ0n) is 9.63. The Labute approximate surface area is 105 Å². The molecule has 1 atom stereocenters. The van der Waals surface area contributed by atoms with Gasteiger partial charge in [-0.15, -0.1) is 0 Å². The molecule has 2 N–H and O–H groups in total. The fraction of sp³-hybridized carbons (Fsp3) is 0.500. The van der Waals surface area contributed by atoms with E-state index in [1.54, 1.807) is 6.07 Å². The van der Waals surface area contributed by atoms with E-state index in [0.717, 1.165) is 0 Å². The molecule has 1 unspecified atom stereocenters. The van der Waals surface area contributed by atoms with Crippen molar-refractivity contribution in [2.45, 2.75) is 19.3 Å². The summed E-state index contributed by atoms with van der Waals surface area (Å²) in [7, 11) is 0. The van der Waals surface area contributed by atoms with E-state index >= 15 is 0 Å². The lowest BCUT2D eigenvalue weighted by Gasteiger charge is -2.22. The highest BCUT2D eigenvalue weighted by Gasteiger charge is 2.24. The van der Waals surface area contributed by atoms with Crippen molar-refractivity contribution in [3.05, 3.63) is 22.5 Å². The Kier molecular flexibility index (Phi) is 3.74. The van der Waals surface area contributed by atoms with E-state index in [4.69, 9.17) is 26.8 Å². The fourth-order valence-corrected chi connectivity index (χ4v) is 2.16. The smallest absolute Gasteiger partial charge is 0.182 e. The van der Waals surface area contributed by atoms with Crippen molar-refractivity contribution < 1.29 is 13.9 Å². The van der Waals surface area contributed by atoms with Gasteiger partial charge in [-0.05, 0) is 30.5 Å². The quantitative estimate of drug-likeness (QED) is 0.908. The normalized spacial score (nSPS) is 15.8. The first-order valence-electron chi connectivity index (χ1n) is 5.62. The van der Waals surface area contributed by atoms with Crippen molar-refractivity contribution in [1.29, 1.82) is 0 Å². The van der Waals surface area contributed by atoms with Crippen LogP contribution in [0.25, 0.3) is 0 Å². The Morgan fingerprint density at radius 3 is 2.88 bits per heavy atom. The van der Waals surface area contributed by atoms with Crippen LogP contribution in [0, 0.1) is 5.82 Å². The average Bonchev–Trinajstić information content (AvgIpc) is 2.34. The van der Waals surface area contributed by atoms with Gasteiger partial charge in [0.1, 0.15) is 24.1 Å². The average molecular weight is 260 g/mol. The summed E-state index contributed by atoms with van der Waals surface area (Å²) in [5.41, 5.74) is 6.01. The van der Waals surface area contributed by atoms with Crippen molar-refractivity contribution in [1.82, 2.24) is 0 Å². The molecular weight excluding hydrogens is 245 g/mol. The second-order valence-electron chi connectivity index (χ2n) is 4.10. The van der Waals surface area contributed by atoms with E-state index in [2.05, 4.69) is 0 Å². The molecule has 0 saturated carbocycles. The Hall–Kier alpha value is -1.00. The predicted molar refractivity (Wildman–Crippen MR) is 64.5 cm³/mol. The van der Waals surface area contributed by atoms with Gasteiger partial charge in [-0.1, -0.05) is 18.5 Å². The fourth-order valence-electron chi connectivity index (χ4n) is 1.91. The van der Waals surface area contributed by atoms with Gasteiger partial charge in [-0.25, -0.2) is 4.39 Å². The van der Waals surface area contributed by atoms with Crippen molar-refractivity contribution in [3.8, 4) is 11.5 Å². The molecule has 0 radical (unpaired) electrons. The number of nitrogens with two attached hydrogens (primary N) is 1. The first-order valence-corrected chi connectivity index (χ1v) is 6.00. The molecule has 0 aliphatic carbocycles. The maximum absolute atomic E-state index is 14.1. The Morgan fingerprint density at radius 1 is 1.47 bits per heavy atom. The maximum atomic E-state index is 14.1. The summed E-state index contributed by atoms with van der Waals surface area (Å²) >= 11 is 5.95. The molecule has 1 aromatic carbocycles. The van der Waals surface area contributed by atoms with Crippen LogP contribution in [0.4, 0.5) is 4.39 Å². The standard InChI is InChI=1S/C12H15ClFNO2/c1-7(2-3-15)8-6-9-12(10(13)11(8)14)17-5-4-16-9/h6-7H,2-5,15H2,1H3. The number of fused-ring (bicyclic) bond motifs is 1. The number of halogens is 2. The van der Waals surface area contributed by atoms with Crippen LogP contribution in [0.3, 0.4) is 0 Å². The molecule has 5 heteroatoms. The molecule has 0 fully saturated rings. The summed E-state index contributed by atoms with van der Waals surface area (Å²) < 4.78 is 24.8. The molecule has 3 nitrogen and oxygen atoms in total. The van der Waals surface area contributed by atoms with Gasteiger partial charge in [0.25, 0.3) is 0 Å². The predicted octanol–water partition coefficient (Wildman–Crippen LogP) is 2.70. The minimum Gasteiger partial charge on any atom is -0.486 e. The Balaban J connectivity index is 2.43. The van der Waals surface area contributed by atoms with Crippen LogP contribution >= 0.6 is 11.6 Å². The van der Waals surface area contributed by atoms with Crippen LogP contribution in [-0.2, 0) is 0 Å². The first kappa shape index (κ1) is 12.5. The maximum Gasteiger partial charge on any atom is 0.182 e. The summed E-state index contributed by atoms with van der Waals surface area (Å²) in [6.07, 6.45) is 0.701. The third kappa shape index (κ3) is 2.33. The number of hydrogen-bond donors (Lipinski definition) is 1. The summed E-state index contributed by atoms with van der Waals surface area (Å²) in [5, 5.41) is 0.000992. The van der Waals surface area contributed by atoms with Gasteiger partial charge in [0.2, 0.25) is 0 Å². The molecule has 0 aromatic heterocycles. The molecule has 1 heterocycles. The second-order valence-corrected chi connectivity index (χ2v) is 4.47. The van der Waals surface area contributed by atoms with Gasteiger partial charge in [-0.3, -0.25) is 0 Å². The molecule has 1 aliphatic heterocycles. The van der Waals surface area contributed by atoms with E-state index in [1.165, 1.54) is 0 Å². The lowest BCUT2D eigenvalue weighted by molar-refractivity contribution is 0.170. The minimum absolute atomic E-state index is 0.000992. The topological polar surface area (TPSA) is 44.5 Å². The molecule has 0 saturated heterocycles. The van der Waals surface area contributed by atoms with Crippen molar-refractivity contribution in [2.24, 2.45) is 5.73 Å². The van der Waals surface area contributed by atoms with Gasteiger partial charge < -0.3 is 15.2 Å². The molecular formula is C12H15ClFNO2. The van der Waals surface area contributed by atoms with Crippen LogP contribution in [0.1, 0.15) is 24.8 Å². The Bertz CT molecular complexity index is 425. The van der Waals surface area contributed by atoms with Crippen LogP contribution in [-0.4, -0.2) is 19.8 Å². The number of rotatable bonds is 3. The summed E-state index contributed by atoms with van der Waals surface area (Å²) in [5.74, 6) is 0.394. The van der Waals surface area contributed by atoms with Crippen LogP contribution in [0.15, 0.2) is 6.07 Å². The zero-order valence-corrected chi connectivity index (χ0v) is 10.4. The van der Waals surface area contributed by atoms with Crippen molar-refractivity contribution >= 4 is 11.6 Å². The van der Waals surface area contributed by atoms with E-state index in [0.29, 0.717) is 43.2 Å². The van der Waals surface area contributed by atoms with E-state index in [1.807, 2.05) is 6.92 Å². The monoisotopic (exact) mass is 259 g/mol. The summed E-state index contributed by atoms with van der Waals surface area (Å²) in [6, 6.07) is 1.66. The molecule has 0 bridgehead atoms. The van der Waals surface area contributed by atoms with E-state index < -0.39 is 5.82 Å². The van der Waals surface area contributed by atoms with Gasteiger partial charge in [0.15, 0.2) is 11.5 Å². The summed E-state index contributed by atoms with van der Waals surface area (Å²) in [4.78, 5) is 0. The lowest BCUT2D eigenvalue weighted by Crippen LogP contribution is -2.17. The SMILES string of the molecule is CC(CCN)c1cc2c(c(Cl)c1F)OCCO2. The third-order valence-corrected chi connectivity index (χ3v) is 3.21. The highest BCUT2D eigenvalue weighted by atomic mass is 35.5. The zero-order chi connectivity index (χ0) is 12.4. The molecule has 0 amide bonds. The largest absolute Gasteiger partial charge is 0.486 e.